The Kier molecular flexibility index (Phi) is 4.50. The van der Waals surface area contributed by atoms with E-state index in [1.165, 1.54) is 32.4 Å². The third-order valence-electron chi connectivity index (χ3n) is 5.33. The standard InChI is InChI=1S/C24H18O6/c1-11-7-13-18(27)10-15(23(28)22(13)19(8-11)29-3)20-12(2)9-14-16(25)5-6-17(26)21(14)24(20)30-4/h5-10H,1-4H3. The molecule has 2 aliphatic carbocycles. The van der Waals surface area contributed by atoms with Crippen LogP contribution in [0, 0.1) is 13.8 Å². The average molecular weight is 402 g/mol. The Bertz CT molecular complexity index is 1240. The van der Waals surface area contributed by atoms with Gasteiger partial charge in [-0.1, -0.05) is 0 Å². The summed E-state index contributed by atoms with van der Waals surface area (Å²) in [5, 5.41) is 0. The fraction of sp³-hybridized carbons (Fsp3) is 0.167. The maximum atomic E-state index is 13.5. The summed E-state index contributed by atoms with van der Waals surface area (Å²) in [6, 6.07) is 4.89. The third kappa shape index (κ3) is 2.72. The van der Waals surface area contributed by atoms with Gasteiger partial charge in [0.2, 0.25) is 0 Å². The van der Waals surface area contributed by atoms with Crippen molar-refractivity contribution in [2.24, 2.45) is 0 Å². The van der Waals surface area contributed by atoms with Crippen LogP contribution in [0.15, 0.2) is 36.4 Å². The number of methoxy groups -OCH3 is 2. The summed E-state index contributed by atoms with van der Waals surface area (Å²) in [6.45, 7) is 3.52. The van der Waals surface area contributed by atoms with E-state index in [0.717, 1.165) is 5.56 Å². The van der Waals surface area contributed by atoms with E-state index in [4.69, 9.17) is 9.47 Å². The average Bonchev–Trinajstić information content (AvgIpc) is 2.72. The van der Waals surface area contributed by atoms with Crippen LogP contribution in [0.5, 0.6) is 11.5 Å². The largest absolute Gasteiger partial charge is 0.496 e. The third-order valence-corrected chi connectivity index (χ3v) is 5.33. The Labute approximate surface area is 172 Å². The van der Waals surface area contributed by atoms with Gasteiger partial charge in [-0.3, -0.25) is 19.2 Å². The van der Waals surface area contributed by atoms with Crippen LogP contribution >= 0.6 is 0 Å². The molecule has 0 aliphatic heterocycles. The molecule has 2 aliphatic rings. The minimum Gasteiger partial charge on any atom is -0.496 e. The first-order chi connectivity index (χ1) is 14.3. The van der Waals surface area contributed by atoms with Gasteiger partial charge < -0.3 is 9.47 Å². The molecule has 0 saturated carbocycles. The summed E-state index contributed by atoms with van der Waals surface area (Å²) in [6.07, 6.45) is 3.64. The van der Waals surface area contributed by atoms with Gasteiger partial charge in [-0.15, -0.1) is 0 Å². The van der Waals surface area contributed by atoms with Crippen molar-refractivity contribution in [3.63, 3.8) is 0 Å². The molecule has 0 N–H and O–H groups in total. The molecule has 2 aromatic rings. The van der Waals surface area contributed by atoms with Gasteiger partial charge >= 0.3 is 0 Å². The highest BCUT2D eigenvalue weighted by molar-refractivity contribution is 6.40. The van der Waals surface area contributed by atoms with Crippen molar-refractivity contribution in [1.82, 2.24) is 0 Å². The van der Waals surface area contributed by atoms with Gasteiger partial charge in [0.25, 0.3) is 0 Å². The highest BCUT2D eigenvalue weighted by Gasteiger charge is 2.35. The van der Waals surface area contributed by atoms with Crippen molar-refractivity contribution in [2.75, 3.05) is 14.2 Å². The minimum absolute atomic E-state index is 0.0911. The summed E-state index contributed by atoms with van der Waals surface area (Å²) in [5.74, 6) is -1.06. The molecular weight excluding hydrogens is 384 g/mol. The van der Waals surface area contributed by atoms with E-state index in [-0.39, 0.29) is 45.1 Å². The van der Waals surface area contributed by atoms with Crippen LogP contribution in [0.2, 0.25) is 0 Å². The van der Waals surface area contributed by atoms with Crippen molar-refractivity contribution < 1.29 is 28.7 Å². The Morgan fingerprint density at radius 1 is 0.700 bits per heavy atom. The minimum atomic E-state index is -0.409. The van der Waals surface area contributed by atoms with E-state index < -0.39 is 11.6 Å². The van der Waals surface area contributed by atoms with Crippen molar-refractivity contribution >= 4 is 28.7 Å². The molecular formula is C24H18O6. The Morgan fingerprint density at radius 3 is 2.03 bits per heavy atom. The van der Waals surface area contributed by atoms with Crippen molar-refractivity contribution in [3.8, 4) is 11.5 Å². The summed E-state index contributed by atoms with van der Waals surface area (Å²) >= 11 is 0. The van der Waals surface area contributed by atoms with Crippen molar-refractivity contribution in [2.45, 2.75) is 13.8 Å². The molecule has 0 saturated heterocycles. The van der Waals surface area contributed by atoms with Gasteiger partial charge in [0, 0.05) is 22.3 Å². The van der Waals surface area contributed by atoms with E-state index in [9.17, 15) is 19.2 Å². The number of benzene rings is 2. The van der Waals surface area contributed by atoms with Crippen LogP contribution in [0.25, 0.3) is 5.57 Å². The first-order valence-electron chi connectivity index (χ1n) is 9.26. The number of aryl methyl sites for hydroxylation is 2. The molecule has 0 atom stereocenters. The monoisotopic (exact) mass is 402 g/mol. The Hall–Kier alpha value is -3.80. The van der Waals surface area contributed by atoms with Crippen LogP contribution in [0.1, 0.15) is 58.1 Å². The number of hydrogen-bond acceptors (Lipinski definition) is 6. The molecule has 0 aromatic heterocycles. The summed E-state index contributed by atoms with van der Waals surface area (Å²) in [5.41, 5.74) is 2.50. The number of hydrogen-bond donors (Lipinski definition) is 0. The molecule has 0 amide bonds. The number of fused-ring (bicyclic) bond motifs is 2. The predicted molar refractivity (Wildman–Crippen MR) is 110 cm³/mol. The molecule has 0 radical (unpaired) electrons. The van der Waals surface area contributed by atoms with Crippen LogP contribution in [0.3, 0.4) is 0 Å². The number of carbonyl (C=O) groups is 4. The Balaban J connectivity index is 2.01. The molecule has 0 fully saturated rings. The lowest BCUT2D eigenvalue weighted by Gasteiger charge is -2.23. The second-order valence-electron chi connectivity index (χ2n) is 7.23. The lowest BCUT2D eigenvalue weighted by atomic mass is 9.80. The van der Waals surface area contributed by atoms with Gasteiger partial charge in [-0.05, 0) is 61.4 Å². The van der Waals surface area contributed by atoms with Gasteiger partial charge in [-0.2, -0.15) is 0 Å². The van der Waals surface area contributed by atoms with E-state index in [1.807, 2.05) is 6.92 Å². The second-order valence-corrected chi connectivity index (χ2v) is 7.23. The quantitative estimate of drug-likeness (QED) is 0.778. The fourth-order valence-corrected chi connectivity index (χ4v) is 4.03. The summed E-state index contributed by atoms with van der Waals surface area (Å²) in [7, 11) is 2.80. The van der Waals surface area contributed by atoms with Crippen LogP contribution < -0.4 is 9.47 Å². The molecule has 0 unspecified atom stereocenters. The van der Waals surface area contributed by atoms with Gasteiger partial charge in [0.1, 0.15) is 11.5 Å². The number of ether oxygens (including phenoxy) is 2. The molecule has 0 heterocycles. The predicted octanol–water partition coefficient (Wildman–Crippen LogP) is 3.72. The number of rotatable bonds is 3. The molecule has 4 rings (SSSR count). The molecule has 6 nitrogen and oxygen atoms in total. The fourth-order valence-electron chi connectivity index (χ4n) is 4.03. The van der Waals surface area contributed by atoms with Crippen molar-refractivity contribution in [3.05, 3.63) is 75.4 Å². The highest BCUT2D eigenvalue weighted by Crippen LogP contribution is 2.42. The van der Waals surface area contributed by atoms with E-state index in [2.05, 4.69) is 0 Å². The maximum absolute atomic E-state index is 13.5. The number of Topliss-reactive ketones (excluding diaryl/α,β-unsaturated/α-hetero) is 1. The first-order valence-corrected chi connectivity index (χ1v) is 9.26. The number of allylic oxidation sites excluding steroid dienone is 4. The molecule has 0 bridgehead atoms. The lowest BCUT2D eigenvalue weighted by molar-refractivity contribution is 0.0990. The number of carbonyl (C=O) groups excluding carboxylic acids is 4. The molecule has 150 valence electrons. The normalized spacial score (nSPS) is 15.0. The van der Waals surface area contributed by atoms with Crippen molar-refractivity contribution in [1.29, 1.82) is 0 Å². The summed E-state index contributed by atoms with van der Waals surface area (Å²) in [4.78, 5) is 51.2. The maximum Gasteiger partial charge on any atom is 0.198 e. The Morgan fingerprint density at radius 2 is 1.37 bits per heavy atom. The summed E-state index contributed by atoms with van der Waals surface area (Å²) < 4.78 is 10.9. The number of ketones is 4. The molecule has 0 spiro atoms. The second kappa shape index (κ2) is 6.91. The molecule has 30 heavy (non-hydrogen) atoms. The zero-order chi connectivity index (χ0) is 21.7. The lowest BCUT2D eigenvalue weighted by Crippen LogP contribution is -2.21. The zero-order valence-corrected chi connectivity index (χ0v) is 16.9. The van der Waals surface area contributed by atoms with Crippen LogP contribution in [-0.4, -0.2) is 37.4 Å². The van der Waals surface area contributed by atoms with E-state index >= 15 is 0 Å². The topological polar surface area (TPSA) is 86.7 Å². The SMILES string of the molecule is COc1cc(C)cc2c1C(=O)C(c1c(C)cc3c(c1OC)C(=O)C=CC3=O)=CC2=O. The first kappa shape index (κ1) is 19.5. The van der Waals surface area contributed by atoms with Crippen LogP contribution in [0.4, 0.5) is 0 Å². The zero-order valence-electron chi connectivity index (χ0n) is 16.9. The van der Waals surface area contributed by atoms with Crippen LogP contribution in [-0.2, 0) is 0 Å². The van der Waals surface area contributed by atoms with Gasteiger partial charge in [-0.25, -0.2) is 0 Å². The van der Waals surface area contributed by atoms with E-state index in [0.29, 0.717) is 16.9 Å². The van der Waals surface area contributed by atoms with Gasteiger partial charge in [0.15, 0.2) is 23.1 Å². The highest BCUT2D eigenvalue weighted by atomic mass is 16.5. The smallest absolute Gasteiger partial charge is 0.198 e. The van der Waals surface area contributed by atoms with Gasteiger partial charge in [0.05, 0.1) is 25.3 Å². The van der Waals surface area contributed by atoms with E-state index in [1.54, 1.807) is 25.1 Å². The molecule has 2 aromatic carbocycles. The molecule has 6 heteroatoms.